The standard InChI is InChI=1S/C16H11F3N6S/c1-9-8-26-14(20-9)10-3-2-4-11(7-10)21-12-5-6-13-22-23-15(16(17,18)19)25(13)24-12/h2-8H,1H3,(H,21,24). The molecule has 0 aliphatic heterocycles. The summed E-state index contributed by atoms with van der Waals surface area (Å²) in [5.74, 6) is -0.918. The van der Waals surface area contributed by atoms with E-state index in [4.69, 9.17) is 0 Å². The van der Waals surface area contributed by atoms with Gasteiger partial charge in [-0.15, -0.1) is 26.6 Å². The molecule has 0 aliphatic rings. The van der Waals surface area contributed by atoms with Crippen LogP contribution in [-0.2, 0) is 6.18 Å². The molecular weight excluding hydrogens is 365 g/mol. The minimum Gasteiger partial charge on any atom is -0.339 e. The van der Waals surface area contributed by atoms with Crippen molar-refractivity contribution in [2.45, 2.75) is 13.1 Å². The van der Waals surface area contributed by atoms with E-state index in [1.54, 1.807) is 12.1 Å². The SMILES string of the molecule is Cc1csc(-c2cccc(Nc3ccc4nnc(C(F)(F)F)n4n3)c2)n1. The molecule has 0 unspecified atom stereocenters. The van der Waals surface area contributed by atoms with Gasteiger partial charge in [0.2, 0.25) is 0 Å². The molecule has 0 aliphatic carbocycles. The molecule has 3 heterocycles. The number of nitrogens with one attached hydrogen (secondary N) is 1. The first kappa shape index (κ1) is 16.5. The molecule has 0 saturated heterocycles. The summed E-state index contributed by atoms with van der Waals surface area (Å²) in [6, 6.07) is 10.4. The second-order valence-corrected chi connectivity index (χ2v) is 6.37. The van der Waals surface area contributed by atoms with Crippen LogP contribution in [-0.4, -0.2) is 24.8 Å². The third-order valence-corrected chi connectivity index (χ3v) is 4.53. The second kappa shape index (κ2) is 6.06. The Morgan fingerprint density at radius 3 is 2.69 bits per heavy atom. The maximum absolute atomic E-state index is 13.0. The average molecular weight is 376 g/mol. The van der Waals surface area contributed by atoms with Gasteiger partial charge in [-0.1, -0.05) is 12.1 Å². The summed E-state index contributed by atoms with van der Waals surface area (Å²) in [6.45, 7) is 1.92. The number of alkyl halides is 3. The van der Waals surface area contributed by atoms with E-state index >= 15 is 0 Å². The van der Waals surface area contributed by atoms with Crippen LogP contribution in [0.15, 0.2) is 41.8 Å². The van der Waals surface area contributed by atoms with Crippen LogP contribution in [0.1, 0.15) is 11.5 Å². The van der Waals surface area contributed by atoms with Gasteiger partial charge in [0.05, 0.1) is 0 Å². The van der Waals surface area contributed by atoms with Crippen LogP contribution in [0.2, 0.25) is 0 Å². The lowest BCUT2D eigenvalue weighted by atomic mass is 10.2. The molecule has 26 heavy (non-hydrogen) atoms. The summed E-state index contributed by atoms with van der Waals surface area (Å²) in [5, 5.41) is 16.4. The quantitative estimate of drug-likeness (QED) is 0.577. The van der Waals surface area contributed by atoms with Gasteiger partial charge < -0.3 is 5.32 Å². The Hall–Kier alpha value is -3.01. The normalized spacial score (nSPS) is 11.8. The zero-order valence-electron chi connectivity index (χ0n) is 13.3. The summed E-state index contributed by atoms with van der Waals surface area (Å²) < 4.78 is 39.6. The first-order valence-electron chi connectivity index (χ1n) is 7.49. The maximum atomic E-state index is 13.0. The number of aromatic nitrogens is 5. The first-order chi connectivity index (χ1) is 12.4. The van der Waals surface area contributed by atoms with E-state index in [0.29, 0.717) is 10.2 Å². The molecular formula is C16H11F3N6S. The minimum atomic E-state index is -4.63. The smallest absolute Gasteiger partial charge is 0.339 e. The number of halogens is 3. The van der Waals surface area contributed by atoms with Crippen molar-refractivity contribution >= 4 is 28.5 Å². The highest BCUT2D eigenvalue weighted by Crippen LogP contribution is 2.29. The zero-order chi connectivity index (χ0) is 18.3. The number of aryl methyl sites for hydroxylation is 1. The van der Waals surface area contributed by atoms with Crippen molar-refractivity contribution in [3.63, 3.8) is 0 Å². The number of anilines is 2. The van der Waals surface area contributed by atoms with Crippen LogP contribution in [0, 0.1) is 6.92 Å². The van der Waals surface area contributed by atoms with Gasteiger partial charge in [-0.05, 0) is 31.2 Å². The van der Waals surface area contributed by atoms with E-state index in [9.17, 15) is 13.2 Å². The molecule has 4 rings (SSSR count). The van der Waals surface area contributed by atoms with Gasteiger partial charge in [-0.25, -0.2) is 4.98 Å². The second-order valence-electron chi connectivity index (χ2n) is 5.51. The van der Waals surface area contributed by atoms with Crippen LogP contribution in [0.3, 0.4) is 0 Å². The molecule has 0 bridgehead atoms. The van der Waals surface area contributed by atoms with Gasteiger partial charge >= 0.3 is 6.18 Å². The third-order valence-electron chi connectivity index (χ3n) is 3.52. The van der Waals surface area contributed by atoms with E-state index in [0.717, 1.165) is 16.3 Å². The molecule has 132 valence electrons. The van der Waals surface area contributed by atoms with Gasteiger partial charge in [-0.3, -0.25) is 0 Å². The van der Waals surface area contributed by atoms with E-state index in [1.165, 1.54) is 17.4 Å². The number of fused-ring (bicyclic) bond motifs is 1. The molecule has 1 N–H and O–H groups in total. The van der Waals surface area contributed by atoms with E-state index in [2.05, 4.69) is 25.6 Å². The molecule has 1 aromatic carbocycles. The minimum absolute atomic E-state index is 0.0230. The van der Waals surface area contributed by atoms with E-state index in [-0.39, 0.29) is 11.5 Å². The van der Waals surface area contributed by atoms with Crippen molar-refractivity contribution in [3.05, 3.63) is 53.3 Å². The van der Waals surface area contributed by atoms with E-state index in [1.807, 2.05) is 30.5 Å². The number of thiazole rings is 1. The van der Waals surface area contributed by atoms with Gasteiger partial charge in [-0.2, -0.15) is 17.7 Å². The van der Waals surface area contributed by atoms with Crippen molar-refractivity contribution in [3.8, 4) is 10.6 Å². The van der Waals surface area contributed by atoms with Crippen molar-refractivity contribution in [1.82, 2.24) is 24.8 Å². The summed E-state index contributed by atoms with van der Waals surface area (Å²) in [6.07, 6.45) is -4.63. The Balaban J connectivity index is 1.67. The molecule has 6 nitrogen and oxygen atoms in total. The topological polar surface area (TPSA) is 68.0 Å². The number of benzene rings is 1. The number of rotatable bonds is 3. The van der Waals surface area contributed by atoms with Gasteiger partial charge in [0.1, 0.15) is 5.01 Å². The highest BCUT2D eigenvalue weighted by Gasteiger charge is 2.37. The van der Waals surface area contributed by atoms with Crippen LogP contribution < -0.4 is 5.32 Å². The summed E-state index contributed by atoms with van der Waals surface area (Å²) in [4.78, 5) is 4.43. The largest absolute Gasteiger partial charge is 0.453 e. The molecule has 0 radical (unpaired) electrons. The lowest BCUT2D eigenvalue weighted by molar-refractivity contribution is -0.146. The first-order valence-corrected chi connectivity index (χ1v) is 8.37. The Labute approximate surface area is 149 Å². The Bertz CT molecular complexity index is 1080. The van der Waals surface area contributed by atoms with Crippen molar-refractivity contribution in [1.29, 1.82) is 0 Å². The predicted octanol–water partition coefficient (Wildman–Crippen LogP) is 4.32. The Kier molecular flexibility index (Phi) is 3.83. The molecule has 0 atom stereocenters. The predicted molar refractivity (Wildman–Crippen MR) is 91.4 cm³/mol. The molecule has 0 saturated carbocycles. The molecule has 0 spiro atoms. The number of hydrogen-bond donors (Lipinski definition) is 1. The van der Waals surface area contributed by atoms with Crippen LogP contribution in [0.4, 0.5) is 24.7 Å². The van der Waals surface area contributed by atoms with Gasteiger partial charge in [0.15, 0.2) is 11.5 Å². The molecule has 10 heteroatoms. The number of hydrogen-bond acceptors (Lipinski definition) is 6. The zero-order valence-corrected chi connectivity index (χ0v) is 14.1. The summed E-state index contributed by atoms with van der Waals surface area (Å²) >= 11 is 1.53. The highest BCUT2D eigenvalue weighted by molar-refractivity contribution is 7.13. The van der Waals surface area contributed by atoms with Crippen molar-refractivity contribution < 1.29 is 13.2 Å². The fraction of sp³-hybridized carbons (Fsp3) is 0.125. The van der Waals surface area contributed by atoms with Crippen LogP contribution >= 0.6 is 11.3 Å². The average Bonchev–Trinajstić information content (AvgIpc) is 3.20. The third kappa shape index (κ3) is 3.10. The Morgan fingerprint density at radius 1 is 1.12 bits per heavy atom. The molecule has 0 amide bonds. The number of nitrogens with zero attached hydrogens (tertiary/aromatic N) is 5. The highest BCUT2D eigenvalue weighted by atomic mass is 32.1. The fourth-order valence-corrected chi connectivity index (χ4v) is 3.19. The van der Waals surface area contributed by atoms with Gasteiger partial charge in [0, 0.05) is 22.3 Å². The fourth-order valence-electron chi connectivity index (χ4n) is 2.40. The molecule has 4 aromatic rings. The van der Waals surface area contributed by atoms with Crippen LogP contribution in [0.25, 0.3) is 16.2 Å². The Morgan fingerprint density at radius 2 is 1.96 bits per heavy atom. The van der Waals surface area contributed by atoms with Crippen molar-refractivity contribution in [2.75, 3.05) is 5.32 Å². The van der Waals surface area contributed by atoms with Crippen molar-refractivity contribution in [2.24, 2.45) is 0 Å². The monoisotopic (exact) mass is 376 g/mol. The van der Waals surface area contributed by atoms with Gasteiger partial charge in [0.25, 0.3) is 5.82 Å². The maximum Gasteiger partial charge on any atom is 0.453 e. The lowest BCUT2D eigenvalue weighted by Gasteiger charge is -2.08. The summed E-state index contributed by atoms with van der Waals surface area (Å²) in [5.41, 5.74) is 2.55. The van der Waals surface area contributed by atoms with Crippen LogP contribution in [0.5, 0.6) is 0 Å². The molecule has 0 fully saturated rings. The lowest BCUT2D eigenvalue weighted by Crippen LogP contribution is -2.13. The molecule has 3 aromatic heterocycles. The summed E-state index contributed by atoms with van der Waals surface area (Å²) in [7, 11) is 0. The van der Waals surface area contributed by atoms with E-state index < -0.39 is 12.0 Å².